The standard InChI is InChI=1S/C19H14O3/c20-18(12-19(21)22)17-10-4-3-9-16(17)15-11-5-7-13-6-1-2-8-14(13)15/h1-11H,12H2,(H,21,22). The van der Waals surface area contributed by atoms with E-state index in [9.17, 15) is 9.59 Å². The van der Waals surface area contributed by atoms with E-state index in [2.05, 4.69) is 0 Å². The minimum absolute atomic E-state index is 0.379. The fourth-order valence-corrected chi connectivity index (χ4v) is 2.65. The van der Waals surface area contributed by atoms with Crippen molar-refractivity contribution in [2.75, 3.05) is 0 Å². The molecular weight excluding hydrogens is 276 g/mol. The summed E-state index contributed by atoms with van der Waals surface area (Å²) in [6, 6.07) is 21.0. The molecule has 3 aromatic rings. The third-order valence-electron chi connectivity index (χ3n) is 3.62. The van der Waals surface area contributed by atoms with Crippen molar-refractivity contribution in [2.45, 2.75) is 6.42 Å². The molecule has 0 spiro atoms. The molecule has 1 N–H and O–H groups in total. The summed E-state index contributed by atoms with van der Waals surface area (Å²) < 4.78 is 0. The molecule has 3 rings (SSSR count). The van der Waals surface area contributed by atoms with E-state index in [0.29, 0.717) is 5.56 Å². The minimum Gasteiger partial charge on any atom is -0.481 e. The highest BCUT2D eigenvalue weighted by Gasteiger charge is 2.16. The van der Waals surface area contributed by atoms with Crippen molar-refractivity contribution in [2.24, 2.45) is 0 Å². The maximum absolute atomic E-state index is 12.2. The molecule has 3 heteroatoms. The average Bonchev–Trinajstić information content (AvgIpc) is 2.53. The highest BCUT2D eigenvalue weighted by atomic mass is 16.4. The van der Waals surface area contributed by atoms with Crippen LogP contribution in [-0.2, 0) is 4.79 Å². The Morgan fingerprint density at radius 1 is 0.773 bits per heavy atom. The van der Waals surface area contributed by atoms with Crippen LogP contribution in [0.1, 0.15) is 16.8 Å². The van der Waals surface area contributed by atoms with E-state index in [0.717, 1.165) is 21.9 Å². The molecule has 0 aliphatic rings. The SMILES string of the molecule is O=C(O)CC(=O)c1ccccc1-c1cccc2ccccc12. The molecule has 108 valence electrons. The van der Waals surface area contributed by atoms with Gasteiger partial charge in [-0.15, -0.1) is 0 Å². The van der Waals surface area contributed by atoms with Crippen LogP contribution in [0, 0.1) is 0 Å². The smallest absolute Gasteiger partial charge is 0.311 e. The predicted molar refractivity (Wildman–Crippen MR) is 86.0 cm³/mol. The summed E-state index contributed by atoms with van der Waals surface area (Å²) in [7, 11) is 0. The van der Waals surface area contributed by atoms with E-state index in [4.69, 9.17) is 5.11 Å². The van der Waals surface area contributed by atoms with Crippen LogP contribution in [0.15, 0.2) is 66.7 Å². The highest BCUT2D eigenvalue weighted by Crippen LogP contribution is 2.31. The molecule has 3 nitrogen and oxygen atoms in total. The van der Waals surface area contributed by atoms with Crippen LogP contribution >= 0.6 is 0 Å². The Morgan fingerprint density at radius 3 is 2.23 bits per heavy atom. The topological polar surface area (TPSA) is 54.4 Å². The van der Waals surface area contributed by atoms with Gasteiger partial charge in [0.1, 0.15) is 6.42 Å². The molecule has 0 saturated carbocycles. The number of benzene rings is 3. The number of carbonyl (C=O) groups is 2. The molecule has 0 amide bonds. The molecule has 0 atom stereocenters. The number of ketones is 1. The van der Waals surface area contributed by atoms with Gasteiger partial charge < -0.3 is 5.11 Å². The van der Waals surface area contributed by atoms with Gasteiger partial charge in [-0.1, -0.05) is 66.7 Å². The van der Waals surface area contributed by atoms with Gasteiger partial charge in [-0.2, -0.15) is 0 Å². The summed E-state index contributed by atoms with van der Waals surface area (Å²) in [6.07, 6.45) is -0.498. The number of carboxylic acids is 1. The molecule has 22 heavy (non-hydrogen) atoms. The van der Waals surface area contributed by atoms with E-state index >= 15 is 0 Å². The number of aliphatic carboxylic acids is 1. The lowest BCUT2D eigenvalue weighted by Gasteiger charge is -2.11. The normalized spacial score (nSPS) is 10.5. The van der Waals surface area contributed by atoms with Crippen LogP contribution in [0.5, 0.6) is 0 Å². The second-order valence-electron chi connectivity index (χ2n) is 5.07. The molecule has 3 aromatic carbocycles. The molecule has 0 aliphatic carbocycles. The van der Waals surface area contributed by atoms with Crippen molar-refractivity contribution in [1.29, 1.82) is 0 Å². The van der Waals surface area contributed by atoms with Crippen molar-refractivity contribution in [3.05, 3.63) is 72.3 Å². The third-order valence-corrected chi connectivity index (χ3v) is 3.62. The lowest BCUT2D eigenvalue weighted by molar-refractivity contribution is -0.135. The van der Waals surface area contributed by atoms with Crippen LogP contribution in [0.2, 0.25) is 0 Å². The maximum Gasteiger partial charge on any atom is 0.311 e. The predicted octanol–water partition coefficient (Wildman–Crippen LogP) is 4.16. The Balaban J connectivity index is 2.19. The second-order valence-corrected chi connectivity index (χ2v) is 5.07. The van der Waals surface area contributed by atoms with Crippen molar-refractivity contribution in [3.8, 4) is 11.1 Å². The molecule has 0 unspecified atom stereocenters. The Kier molecular flexibility index (Phi) is 3.71. The number of Topliss-reactive ketones (excluding diaryl/α,β-unsaturated/α-hetero) is 1. The van der Waals surface area contributed by atoms with Gasteiger partial charge in [0, 0.05) is 5.56 Å². The highest BCUT2D eigenvalue weighted by molar-refractivity contribution is 6.11. The van der Waals surface area contributed by atoms with Crippen molar-refractivity contribution in [3.63, 3.8) is 0 Å². The zero-order valence-corrected chi connectivity index (χ0v) is 11.8. The lowest BCUT2D eigenvalue weighted by atomic mass is 9.92. The fourth-order valence-electron chi connectivity index (χ4n) is 2.65. The van der Waals surface area contributed by atoms with Crippen LogP contribution in [0.25, 0.3) is 21.9 Å². The molecule has 0 aromatic heterocycles. The zero-order valence-electron chi connectivity index (χ0n) is 11.8. The molecule has 0 bridgehead atoms. The summed E-state index contributed by atoms with van der Waals surface area (Å²) in [5, 5.41) is 11.0. The Morgan fingerprint density at radius 2 is 1.41 bits per heavy atom. The monoisotopic (exact) mass is 290 g/mol. The molecule has 0 fully saturated rings. The summed E-state index contributed by atoms with van der Waals surface area (Å²) in [6.45, 7) is 0. The quantitative estimate of drug-likeness (QED) is 0.579. The van der Waals surface area contributed by atoms with Crippen LogP contribution in [0.4, 0.5) is 0 Å². The Labute approximate surface area is 127 Å². The molecular formula is C19H14O3. The first-order valence-electron chi connectivity index (χ1n) is 6.99. The lowest BCUT2D eigenvalue weighted by Crippen LogP contribution is -2.08. The van der Waals surface area contributed by atoms with Crippen LogP contribution in [0.3, 0.4) is 0 Å². The summed E-state index contributed by atoms with van der Waals surface area (Å²) in [4.78, 5) is 23.0. The summed E-state index contributed by atoms with van der Waals surface area (Å²) >= 11 is 0. The first kappa shape index (κ1) is 14.0. The number of carbonyl (C=O) groups excluding carboxylic acids is 1. The first-order valence-corrected chi connectivity index (χ1v) is 6.99. The van der Waals surface area contributed by atoms with Gasteiger partial charge in [-0.05, 0) is 21.9 Å². The maximum atomic E-state index is 12.2. The first-order chi connectivity index (χ1) is 10.7. The number of hydrogen-bond acceptors (Lipinski definition) is 2. The number of fused-ring (bicyclic) bond motifs is 1. The van der Waals surface area contributed by atoms with Gasteiger partial charge in [0.25, 0.3) is 0 Å². The van der Waals surface area contributed by atoms with E-state index in [1.807, 2.05) is 54.6 Å². The molecule has 0 radical (unpaired) electrons. The van der Waals surface area contributed by atoms with Gasteiger partial charge in [-0.3, -0.25) is 9.59 Å². The van der Waals surface area contributed by atoms with Gasteiger partial charge in [-0.25, -0.2) is 0 Å². The molecule has 0 saturated heterocycles. The van der Waals surface area contributed by atoms with E-state index in [1.165, 1.54) is 0 Å². The van der Waals surface area contributed by atoms with E-state index < -0.39 is 12.4 Å². The van der Waals surface area contributed by atoms with Gasteiger partial charge in [0.05, 0.1) is 0 Å². The second kappa shape index (κ2) is 5.82. The summed E-state index contributed by atoms with van der Waals surface area (Å²) in [5.41, 5.74) is 2.15. The van der Waals surface area contributed by atoms with Crippen molar-refractivity contribution >= 4 is 22.5 Å². The van der Waals surface area contributed by atoms with Crippen molar-refractivity contribution < 1.29 is 14.7 Å². The van der Waals surface area contributed by atoms with Gasteiger partial charge in [0.15, 0.2) is 5.78 Å². The molecule has 0 heterocycles. The van der Waals surface area contributed by atoms with Gasteiger partial charge in [0.2, 0.25) is 0 Å². The third kappa shape index (κ3) is 2.61. The van der Waals surface area contributed by atoms with E-state index in [1.54, 1.807) is 12.1 Å². The molecule has 0 aliphatic heterocycles. The fraction of sp³-hybridized carbons (Fsp3) is 0.0526. The van der Waals surface area contributed by atoms with E-state index in [-0.39, 0.29) is 5.78 Å². The number of carboxylic acid groups (broad SMARTS) is 1. The van der Waals surface area contributed by atoms with Crippen LogP contribution < -0.4 is 0 Å². The Bertz CT molecular complexity index is 860. The zero-order chi connectivity index (χ0) is 15.5. The number of hydrogen-bond donors (Lipinski definition) is 1. The van der Waals surface area contributed by atoms with Crippen LogP contribution in [-0.4, -0.2) is 16.9 Å². The number of rotatable bonds is 4. The minimum atomic E-state index is -1.11. The summed E-state index contributed by atoms with van der Waals surface area (Å²) in [5.74, 6) is -1.49. The van der Waals surface area contributed by atoms with Gasteiger partial charge >= 0.3 is 5.97 Å². The average molecular weight is 290 g/mol. The largest absolute Gasteiger partial charge is 0.481 e. The van der Waals surface area contributed by atoms with Crippen molar-refractivity contribution in [1.82, 2.24) is 0 Å². The Hall–Kier alpha value is -2.94.